The standard InChI is InChI=1S/C19H15ClF3N3O2/c1-12-13(5-4-6-15(12)28-11-19(21,22)23)24-17(27)9-8-14-18(20)25-16-7-2-3-10-26(14)16/h2-10H,11H2,1H3,(H,24,27). The SMILES string of the molecule is Cc1c(NC(=O)C=Cc2c(Cl)nc3ccccn23)cccc1OCC(F)(F)F. The summed E-state index contributed by atoms with van der Waals surface area (Å²) < 4.78 is 43.5. The maximum atomic E-state index is 12.3. The third-order valence-corrected chi connectivity index (χ3v) is 4.13. The van der Waals surface area contributed by atoms with Crippen LogP contribution < -0.4 is 10.1 Å². The van der Waals surface area contributed by atoms with E-state index in [0.717, 1.165) is 0 Å². The molecule has 5 nitrogen and oxygen atoms in total. The molecule has 3 aromatic rings. The largest absolute Gasteiger partial charge is 0.484 e. The van der Waals surface area contributed by atoms with E-state index in [0.29, 0.717) is 22.6 Å². The molecule has 9 heteroatoms. The first-order valence-corrected chi connectivity index (χ1v) is 8.53. The monoisotopic (exact) mass is 409 g/mol. The predicted molar refractivity (Wildman–Crippen MR) is 101 cm³/mol. The second-order valence-corrected chi connectivity index (χ2v) is 6.23. The molecule has 1 N–H and O–H groups in total. The molecule has 0 aliphatic carbocycles. The smallest absolute Gasteiger partial charge is 0.422 e. The molecule has 2 aromatic heterocycles. The lowest BCUT2D eigenvalue weighted by atomic mass is 10.1. The summed E-state index contributed by atoms with van der Waals surface area (Å²) in [7, 11) is 0. The van der Waals surface area contributed by atoms with E-state index in [1.54, 1.807) is 35.7 Å². The van der Waals surface area contributed by atoms with E-state index in [-0.39, 0.29) is 10.9 Å². The van der Waals surface area contributed by atoms with Crippen LogP contribution in [0.5, 0.6) is 5.75 Å². The van der Waals surface area contributed by atoms with Crippen molar-refractivity contribution in [2.24, 2.45) is 0 Å². The summed E-state index contributed by atoms with van der Waals surface area (Å²) in [6.45, 7) is 0.157. The van der Waals surface area contributed by atoms with Gasteiger partial charge in [0.2, 0.25) is 5.91 Å². The molecule has 1 amide bonds. The van der Waals surface area contributed by atoms with Gasteiger partial charge >= 0.3 is 6.18 Å². The van der Waals surface area contributed by atoms with Crippen molar-refractivity contribution in [3.63, 3.8) is 0 Å². The minimum atomic E-state index is -4.44. The van der Waals surface area contributed by atoms with Gasteiger partial charge in [0.1, 0.15) is 11.4 Å². The summed E-state index contributed by atoms with van der Waals surface area (Å²) in [4.78, 5) is 16.4. The molecule has 2 heterocycles. The van der Waals surface area contributed by atoms with Crippen LogP contribution in [-0.4, -0.2) is 28.1 Å². The zero-order chi connectivity index (χ0) is 20.3. The average Bonchev–Trinajstić information content (AvgIpc) is 2.95. The van der Waals surface area contributed by atoms with Crippen molar-refractivity contribution in [1.29, 1.82) is 0 Å². The Morgan fingerprint density at radius 1 is 1.29 bits per heavy atom. The number of carbonyl (C=O) groups is 1. The van der Waals surface area contributed by atoms with Crippen molar-refractivity contribution >= 4 is 34.9 Å². The fourth-order valence-electron chi connectivity index (χ4n) is 2.53. The molecule has 0 radical (unpaired) electrons. The first-order valence-electron chi connectivity index (χ1n) is 8.15. The van der Waals surface area contributed by atoms with Crippen LogP contribution in [-0.2, 0) is 4.79 Å². The Morgan fingerprint density at radius 3 is 2.82 bits per heavy atom. The van der Waals surface area contributed by atoms with Gasteiger partial charge in [-0.3, -0.25) is 9.20 Å². The highest BCUT2D eigenvalue weighted by Crippen LogP contribution is 2.27. The summed E-state index contributed by atoms with van der Waals surface area (Å²) in [6.07, 6.45) is 0.0984. The van der Waals surface area contributed by atoms with Gasteiger partial charge in [0, 0.05) is 23.5 Å². The van der Waals surface area contributed by atoms with Crippen LogP contribution in [0.3, 0.4) is 0 Å². The molecular formula is C19H15ClF3N3O2. The van der Waals surface area contributed by atoms with Gasteiger partial charge in [-0.25, -0.2) is 4.98 Å². The third kappa shape index (κ3) is 4.64. The lowest BCUT2D eigenvalue weighted by molar-refractivity contribution is -0.153. The molecule has 146 valence electrons. The number of imidazole rings is 1. The van der Waals surface area contributed by atoms with Gasteiger partial charge in [-0.1, -0.05) is 23.7 Å². The highest BCUT2D eigenvalue weighted by Gasteiger charge is 2.28. The molecule has 28 heavy (non-hydrogen) atoms. The lowest BCUT2D eigenvalue weighted by Crippen LogP contribution is -2.19. The van der Waals surface area contributed by atoms with E-state index in [9.17, 15) is 18.0 Å². The van der Waals surface area contributed by atoms with Crippen LogP contribution in [0, 0.1) is 6.92 Å². The number of fused-ring (bicyclic) bond motifs is 1. The molecule has 0 saturated carbocycles. The number of carbonyl (C=O) groups excluding carboxylic acids is 1. The number of hydrogen-bond donors (Lipinski definition) is 1. The molecule has 1 aromatic carbocycles. The minimum absolute atomic E-state index is 0.0453. The van der Waals surface area contributed by atoms with Gasteiger partial charge in [0.25, 0.3) is 0 Å². The molecule has 0 unspecified atom stereocenters. The van der Waals surface area contributed by atoms with E-state index in [4.69, 9.17) is 16.3 Å². The van der Waals surface area contributed by atoms with Crippen LogP contribution in [0.4, 0.5) is 18.9 Å². The van der Waals surface area contributed by atoms with Gasteiger partial charge in [-0.15, -0.1) is 0 Å². The number of ether oxygens (including phenoxy) is 1. The van der Waals surface area contributed by atoms with Gasteiger partial charge in [0.05, 0.1) is 5.69 Å². The van der Waals surface area contributed by atoms with Crippen LogP contribution in [0.2, 0.25) is 5.15 Å². The highest BCUT2D eigenvalue weighted by molar-refractivity contribution is 6.31. The molecule has 0 atom stereocenters. The van der Waals surface area contributed by atoms with Crippen molar-refractivity contribution in [2.45, 2.75) is 13.1 Å². The van der Waals surface area contributed by atoms with Crippen molar-refractivity contribution in [1.82, 2.24) is 9.38 Å². The number of rotatable bonds is 5. The predicted octanol–water partition coefficient (Wildman–Crippen LogP) is 4.89. The fraction of sp³-hybridized carbons (Fsp3) is 0.158. The Kier molecular flexibility index (Phi) is 5.60. The Hall–Kier alpha value is -3.00. The molecule has 0 aliphatic rings. The zero-order valence-corrected chi connectivity index (χ0v) is 15.4. The highest BCUT2D eigenvalue weighted by atomic mass is 35.5. The van der Waals surface area contributed by atoms with Gasteiger partial charge in [-0.05, 0) is 37.3 Å². The zero-order valence-electron chi connectivity index (χ0n) is 14.6. The number of nitrogens with one attached hydrogen (secondary N) is 1. The lowest BCUT2D eigenvalue weighted by Gasteiger charge is -2.14. The first kappa shape index (κ1) is 19.8. The van der Waals surface area contributed by atoms with E-state index in [1.165, 1.54) is 24.3 Å². The number of aromatic nitrogens is 2. The van der Waals surface area contributed by atoms with E-state index >= 15 is 0 Å². The number of halogens is 4. The maximum Gasteiger partial charge on any atom is 0.422 e. The summed E-state index contributed by atoms with van der Waals surface area (Å²) in [5, 5.41) is 2.86. The Labute approximate surface area is 163 Å². The first-order chi connectivity index (χ1) is 13.2. The fourth-order valence-corrected chi connectivity index (χ4v) is 2.77. The van der Waals surface area contributed by atoms with Crippen LogP contribution >= 0.6 is 11.6 Å². The Balaban J connectivity index is 1.74. The molecule has 3 rings (SSSR count). The molecule has 0 spiro atoms. The number of alkyl halides is 3. The summed E-state index contributed by atoms with van der Waals surface area (Å²) in [5.41, 5.74) is 1.91. The van der Waals surface area contributed by atoms with Gasteiger partial charge in [0.15, 0.2) is 11.8 Å². The summed E-state index contributed by atoms with van der Waals surface area (Å²) in [5.74, 6) is -0.429. The Morgan fingerprint density at radius 2 is 2.07 bits per heavy atom. The number of amides is 1. The number of benzene rings is 1. The van der Waals surface area contributed by atoms with Crippen LogP contribution in [0.1, 0.15) is 11.3 Å². The van der Waals surface area contributed by atoms with Crippen LogP contribution in [0.25, 0.3) is 11.7 Å². The average molecular weight is 410 g/mol. The topological polar surface area (TPSA) is 55.6 Å². The van der Waals surface area contributed by atoms with Crippen molar-refractivity contribution < 1.29 is 22.7 Å². The van der Waals surface area contributed by atoms with Crippen LogP contribution in [0.15, 0.2) is 48.7 Å². The Bertz CT molecular complexity index is 1040. The molecular weight excluding hydrogens is 395 g/mol. The van der Waals surface area contributed by atoms with Gasteiger partial charge < -0.3 is 10.1 Å². The molecule has 0 bridgehead atoms. The van der Waals surface area contributed by atoms with E-state index in [2.05, 4.69) is 10.3 Å². The van der Waals surface area contributed by atoms with E-state index < -0.39 is 18.7 Å². The second kappa shape index (κ2) is 7.93. The minimum Gasteiger partial charge on any atom is -0.484 e. The van der Waals surface area contributed by atoms with Crippen molar-refractivity contribution in [2.75, 3.05) is 11.9 Å². The second-order valence-electron chi connectivity index (χ2n) is 5.87. The molecule has 0 aliphatic heterocycles. The normalized spacial score (nSPS) is 11.9. The van der Waals surface area contributed by atoms with Gasteiger partial charge in [-0.2, -0.15) is 13.2 Å². The molecule has 0 fully saturated rings. The molecule has 0 saturated heterocycles. The van der Waals surface area contributed by atoms with Crippen molar-refractivity contribution in [3.8, 4) is 5.75 Å². The maximum absolute atomic E-state index is 12.3. The quantitative estimate of drug-likeness (QED) is 0.610. The number of anilines is 1. The summed E-state index contributed by atoms with van der Waals surface area (Å²) in [6, 6.07) is 9.87. The third-order valence-electron chi connectivity index (χ3n) is 3.85. The number of nitrogens with zero attached hydrogens (tertiary/aromatic N) is 2. The van der Waals surface area contributed by atoms with E-state index in [1.807, 2.05) is 6.07 Å². The number of pyridine rings is 1. The van der Waals surface area contributed by atoms with Crippen molar-refractivity contribution in [3.05, 3.63) is 65.1 Å². The summed E-state index contributed by atoms with van der Waals surface area (Å²) >= 11 is 6.11. The number of hydrogen-bond acceptors (Lipinski definition) is 3.